The fraction of sp³-hybridized carbons (Fsp3) is 0.250. The fourth-order valence-corrected chi connectivity index (χ4v) is 2.58. The van der Waals surface area contributed by atoms with Crippen LogP contribution >= 0.6 is 27.5 Å². The summed E-state index contributed by atoms with van der Waals surface area (Å²) in [5.74, 6) is 1.66. The monoisotopic (exact) mass is 370 g/mol. The van der Waals surface area contributed by atoms with Crippen molar-refractivity contribution in [1.29, 1.82) is 0 Å². The molecule has 0 spiro atoms. The molecule has 2 aromatic rings. The standard InChI is InChI=1S/C16H16BrClO3/c1-19-15-8-13(9-18)7-14(17)16(15)21-11-20-10-12-5-3-2-4-6-12/h2-8H,9-11H2,1H3. The van der Waals surface area contributed by atoms with Gasteiger partial charge in [0.1, 0.15) is 0 Å². The molecule has 0 amide bonds. The average Bonchev–Trinajstić information content (AvgIpc) is 2.53. The topological polar surface area (TPSA) is 27.7 Å². The van der Waals surface area contributed by atoms with Crippen LogP contribution in [0.15, 0.2) is 46.9 Å². The first-order chi connectivity index (χ1) is 10.2. The highest BCUT2D eigenvalue weighted by Gasteiger charge is 2.11. The summed E-state index contributed by atoms with van der Waals surface area (Å²) in [7, 11) is 1.59. The van der Waals surface area contributed by atoms with Crippen molar-refractivity contribution in [3.8, 4) is 11.5 Å². The lowest BCUT2D eigenvalue weighted by molar-refractivity contribution is 0.00332. The Labute approximate surface area is 137 Å². The van der Waals surface area contributed by atoms with E-state index < -0.39 is 0 Å². The van der Waals surface area contributed by atoms with Gasteiger partial charge in [-0.2, -0.15) is 0 Å². The van der Waals surface area contributed by atoms with Gasteiger partial charge < -0.3 is 14.2 Å². The van der Waals surface area contributed by atoms with Gasteiger partial charge in [0, 0.05) is 5.88 Å². The van der Waals surface area contributed by atoms with Gasteiger partial charge in [0.05, 0.1) is 18.2 Å². The summed E-state index contributed by atoms with van der Waals surface area (Å²) in [5.41, 5.74) is 2.06. The lowest BCUT2D eigenvalue weighted by Gasteiger charge is -2.14. The zero-order chi connectivity index (χ0) is 15.1. The molecule has 0 atom stereocenters. The normalized spacial score (nSPS) is 10.4. The van der Waals surface area contributed by atoms with Crippen LogP contribution in [0.1, 0.15) is 11.1 Å². The molecule has 112 valence electrons. The van der Waals surface area contributed by atoms with Gasteiger partial charge in [-0.3, -0.25) is 0 Å². The molecule has 0 aliphatic carbocycles. The zero-order valence-corrected chi connectivity index (χ0v) is 14.0. The number of halogens is 2. The number of alkyl halides is 1. The highest BCUT2D eigenvalue weighted by atomic mass is 79.9. The molecule has 0 aliphatic heterocycles. The van der Waals surface area contributed by atoms with Gasteiger partial charge in [0.15, 0.2) is 18.3 Å². The smallest absolute Gasteiger partial charge is 0.189 e. The summed E-state index contributed by atoms with van der Waals surface area (Å²) in [5, 5.41) is 0. The maximum atomic E-state index is 5.83. The zero-order valence-electron chi connectivity index (χ0n) is 11.6. The van der Waals surface area contributed by atoms with E-state index in [2.05, 4.69) is 15.9 Å². The molecular weight excluding hydrogens is 356 g/mol. The quantitative estimate of drug-likeness (QED) is 0.399. The Bertz CT molecular complexity index is 575. The molecule has 0 bridgehead atoms. The van der Waals surface area contributed by atoms with Gasteiger partial charge in [-0.25, -0.2) is 0 Å². The van der Waals surface area contributed by atoms with Gasteiger partial charge in [0.25, 0.3) is 0 Å². The molecule has 3 nitrogen and oxygen atoms in total. The van der Waals surface area contributed by atoms with Gasteiger partial charge in [0.2, 0.25) is 0 Å². The second-order valence-electron chi connectivity index (χ2n) is 4.34. The molecule has 0 heterocycles. The number of hydrogen-bond acceptors (Lipinski definition) is 3. The van der Waals surface area contributed by atoms with Crippen molar-refractivity contribution < 1.29 is 14.2 Å². The summed E-state index contributed by atoms with van der Waals surface area (Å²) in [6.07, 6.45) is 0. The maximum Gasteiger partial charge on any atom is 0.189 e. The van der Waals surface area contributed by atoms with E-state index in [1.165, 1.54) is 0 Å². The number of benzene rings is 2. The largest absolute Gasteiger partial charge is 0.493 e. The van der Waals surface area contributed by atoms with E-state index in [-0.39, 0.29) is 6.79 Å². The van der Waals surface area contributed by atoms with E-state index >= 15 is 0 Å². The summed E-state index contributed by atoms with van der Waals surface area (Å²) in [4.78, 5) is 0. The van der Waals surface area contributed by atoms with E-state index in [1.807, 2.05) is 42.5 Å². The summed E-state index contributed by atoms with van der Waals surface area (Å²) in [6, 6.07) is 13.7. The van der Waals surface area contributed by atoms with E-state index in [9.17, 15) is 0 Å². The molecular formula is C16H16BrClO3. The molecule has 0 fully saturated rings. The Balaban J connectivity index is 1.93. The highest BCUT2D eigenvalue weighted by molar-refractivity contribution is 9.10. The summed E-state index contributed by atoms with van der Waals surface area (Å²) < 4.78 is 17.3. The van der Waals surface area contributed by atoms with E-state index in [1.54, 1.807) is 7.11 Å². The van der Waals surface area contributed by atoms with Gasteiger partial charge in [-0.15, -0.1) is 11.6 Å². The van der Waals surface area contributed by atoms with E-state index in [0.717, 1.165) is 15.6 Å². The second-order valence-corrected chi connectivity index (χ2v) is 5.46. The minimum absolute atomic E-state index is 0.143. The molecule has 0 aromatic heterocycles. The van der Waals surface area contributed by atoms with Crippen LogP contribution in [-0.2, 0) is 17.2 Å². The van der Waals surface area contributed by atoms with Crippen molar-refractivity contribution in [3.05, 3.63) is 58.1 Å². The van der Waals surface area contributed by atoms with Crippen LogP contribution in [0.5, 0.6) is 11.5 Å². The molecule has 2 rings (SSSR count). The first-order valence-corrected chi connectivity index (χ1v) is 7.74. The Hall–Kier alpha value is -1.23. The number of hydrogen-bond donors (Lipinski definition) is 0. The average molecular weight is 372 g/mol. The Morgan fingerprint density at radius 2 is 1.86 bits per heavy atom. The molecule has 5 heteroatoms. The third-order valence-corrected chi connectivity index (χ3v) is 3.74. The van der Waals surface area contributed by atoms with Gasteiger partial charge in [-0.05, 0) is 39.2 Å². The Morgan fingerprint density at radius 1 is 1.10 bits per heavy atom. The SMILES string of the molecule is COc1cc(CCl)cc(Br)c1OCOCc1ccccc1. The predicted octanol–water partition coefficient (Wildman–Crippen LogP) is 4.75. The van der Waals surface area contributed by atoms with Crippen molar-refractivity contribution >= 4 is 27.5 Å². The molecule has 0 N–H and O–H groups in total. The van der Waals surface area contributed by atoms with Crippen molar-refractivity contribution in [1.82, 2.24) is 0 Å². The second kappa shape index (κ2) is 8.27. The van der Waals surface area contributed by atoms with E-state index in [4.69, 9.17) is 25.8 Å². The van der Waals surface area contributed by atoms with Crippen molar-refractivity contribution in [3.63, 3.8) is 0 Å². The molecule has 0 radical (unpaired) electrons. The van der Waals surface area contributed by atoms with Crippen LogP contribution in [0.25, 0.3) is 0 Å². The lowest BCUT2D eigenvalue weighted by Crippen LogP contribution is -2.05. The number of ether oxygens (including phenoxy) is 3. The van der Waals surface area contributed by atoms with Crippen LogP contribution in [0, 0.1) is 0 Å². The highest BCUT2D eigenvalue weighted by Crippen LogP contribution is 2.37. The molecule has 0 saturated heterocycles. The summed E-state index contributed by atoms with van der Waals surface area (Å²) >= 11 is 9.29. The van der Waals surface area contributed by atoms with Crippen molar-refractivity contribution in [2.45, 2.75) is 12.5 Å². The van der Waals surface area contributed by atoms with Crippen molar-refractivity contribution in [2.75, 3.05) is 13.9 Å². The molecule has 0 unspecified atom stereocenters. The minimum Gasteiger partial charge on any atom is -0.493 e. The van der Waals surface area contributed by atoms with Crippen LogP contribution in [-0.4, -0.2) is 13.9 Å². The van der Waals surface area contributed by atoms with Crippen LogP contribution in [0.4, 0.5) is 0 Å². The molecule has 21 heavy (non-hydrogen) atoms. The lowest BCUT2D eigenvalue weighted by atomic mass is 10.2. The first kappa shape index (κ1) is 16.1. The minimum atomic E-state index is 0.143. The summed E-state index contributed by atoms with van der Waals surface area (Å²) in [6.45, 7) is 0.643. The predicted molar refractivity (Wildman–Crippen MR) is 87.0 cm³/mol. The van der Waals surface area contributed by atoms with Crippen LogP contribution in [0.2, 0.25) is 0 Å². The molecule has 0 saturated carbocycles. The number of rotatable bonds is 7. The van der Waals surface area contributed by atoms with E-state index in [0.29, 0.717) is 24.0 Å². The van der Waals surface area contributed by atoms with Crippen LogP contribution in [0.3, 0.4) is 0 Å². The van der Waals surface area contributed by atoms with Crippen LogP contribution < -0.4 is 9.47 Å². The van der Waals surface area contributed by atoms with Gasteiger partial charge >= 0.3 is 0 Å². The first-order valence-electron chi connectivity index (χ1n) is 6.41. The maximum absolute atomic E-state index is 5.83. The fourth-order valence-electron chi connectivity index (χ4n) is 1.82. The van der Waals surface area contributed by atoms with Gasteiger partial charge in [-0.1, -0.05) is 30.3 Å². The van der Waals surface area contributed by atoms with Crippen molar-refractivity contribution in [2.24, 2.45) is 0 Å². The molecule has 0 aliphatic rings. The third-order valence-electron chi connectivity index (χ3n) is 2.84. The Morgan fingerprint density at radius 3 is 2.52 bits per heavy atom. The third kappa shape index (κ3) is 4.63. The Kier molecular flexibility index (Phi) is 6.36. The molecule has 2 aromatic carbocycles. The number of methoxy groups -OCH3 is 1.